The number of aromatic nitrogens is 2. The van der Waals surface area contributed by atoms with Crippen LogP contribution >= 0.6 is 31.9 Å². The summed E-state index contributed by atoms with van der Waals surface area (Å²) in [6.07, 6.45) is -4.42. The van der Waals surface area contributed by atoms with Crippen molar-refractivity contribution in [2.45, 2.75) is 32.5 Å². The zero-order chi connectivity index (χ0) is 21.4. The number of nitrogens with one attached hydrogen (secondary N) is 1. The SMILES string of the molecule is CC(C)(C)OC(=O)n1ccc(NC(=O)c2c(F)cc(C(F)(F)F)c(Br)c2Br)n1. The van der Waals surface area contributed by atoms with E-state index in [1.807, 2.05) is 0 Å². The zero-order valence-electron chi connectivity index (χ0n) is 14.6. The summed E-state index contributed by atoms with van der Waals surface area (Å²) in [6, 6.07) is 1.45. The summed E-state index contributed by atoms with van der Waals surface area (Å²) in [4.78, 5) is 24.2. The second-order valence-electron chi connectivity index (χ2n) is 6.49. The van der Waals surface area contributed by atoms with E-state index in [-0.39, 0.29) is 11.9 Å². The van der Waals surface area contributed by atoms with Gasteiger partial charge in [0.2, 0.25) is 0 Å². The molecule has 1 heterocycles. The van der Waals surface area contributed by atoms with Crippen LogP contribution in [0.3, 0.4) is 0 Å². The lowest BCUT2D eigenvalue weighted by Gasteiger charge is -2.18. The summed E-state index contributed by atoms with van der Waals surface area (Å²) < 4.78 is 57.9. The highest BCUT2D eigenvalue weighted by Gasteiger charge is 2.36. The van der Waals surface area contributed by atoms with Crippen LogP contribution in [-0.2, 0) is 10.9 Å². The largest absolute Gasteiger partial charge is 0.442 e. The Morgan fingerprint density at radius 1 is 1.18 bits per heavy atom. The quantitative estimate of drug-likeness (QED) is 0.405. The maximum absolute atomic E-state index is 14.2. The number of alkyl halides is 3. The van der Waals surface area contributed by atoms with Gasteiger partial charge in [0.15, 0.2) is 5.82 Å². The number of carbonyl (C=O) groups is 2. The van der Waals surface area contributed by atoms with Crippen molar-refractivity contribution in [2.75, 3.05) is 5.32 Å². The van der Waals surface area contributed by atoms with Crippen LogP contribution in [0.15, 0.2) is 27.3 Å². The second kappa shape index (κ2) is 7.82. The number of anilines is 1. The number of hydrogen-bond donors (Lipinski definition) is 1. The molecule has 0 radical (unpaired) electrons. The number of rotatable bonds is 2. The molecular weight excluding hydrogens is 518 g/mol. The zero-order valence-corrected chi connectivity index (χ0v) is 17.8. The van der Waals surface area contributed by atoms with E-state index in [2.05, 4.69) is 42.3 Å². The third kappa shape index (κ3) is 5.10. The van der Waals surface area contributed by atoms with Crippen LogP contribution in [0, 0.1) is 5.82 Å². The molecule has 0 unspecified atom stereocenters. The summed E-state index contributed by atoms with van der Waals surface area (Å²) in [5.41, 5.74) is -2.71. The van der Waals surface area contributed by atoms with E-state index < -0.39 is 49.7 Å². The number of nitrogens with zero attached hydrogens (tertiary/aromatic N) is 2. The fraction of sp³-hybridized carbons (Fsp3) is 0.312. The van der Waals surface area contributed by atoms with Gasteiger partial charge in [-0.15, -0.1) is 5.10 Å². The molecule has 1 aromatic carbocycles. The molecule has 0 aliphatic rings. The molecule has 28 heavy (non-hydrogen) atoms. The monoisotopic (exact) mass is 529 g/mol. The van der Waals surface area contributed by atoms with Crippen LogP contribution in [0.25, 0.3) is 0 Å². The fourth-order valence-electron chi connectivity index (χ4n) is 1.99. The van der Waals surface area contributed by atoms with Gasteiger partial charge in [-0.2, -0.15) is 17.9 Å². The molecule has 6 nitrogen and oxygen atoms in total. The Balaban J connectivity index is 2.27. The molecule has 12 heteroatoms. The lowest BCUT2D eigenvalue weighted by atomic mass is 10.1. The first kappa shape index (κ1) is 22.3. The van der Waals surface area contributed by atoms with Gasteiger partial charge in [-0.1, -0.05) is 0 Å². The molecule has 152 valence electrons. The van der Waals surface area contributed by atoms with E-state index in [1.165, 1.54) is 12.3 Å². The first-order valence-electron chi connectivity index (χ1n) is 7.56. The number of ether oxygens (including phenoxy) is 1. The Morgan fingerprint density at radius 2 is 1.79 bits per heavy atom. The van der Waals surface area contributed by atoms with Crippen LogP contribution in [0.2, 0.25) is 0 Å². The van der Waals surface area contributed by atoms with Crippen molar-refractivity contribution in [3.8, 4) is 0 Å². The third-order valence-corrected chi connectivity index (χ3v) is 5.25. The number of hydrogen-bond acceptors (Lipinski definition) is 4. The number of halogens is 6. The lowest BCUT2D eigenvalue weighted by molar-refractivity contribution is -0.138. The molecule has 0 atom stereocenters. The molecular formula is C16H13Br2F4N3O3. The molecule has 2 aromatic rings. The number of carbonyl (C=O) groups excluding carboxylic acids is 2. The normalized spacial score (nSPS) is 12.0. The Labute approximate surface area is 173 Å². The highest BCUT2D eigenvalue weighted by Crippen LogP contribution is 2.41. The van der Waals surface area contributed by atoms with Gasteiger partial charge in [0.05, 0.1) is 11.1 Å². The van der Waals surface area contributed by atoms with Crippen LogP contribution in [0.4, 0.5) is 28.2 Å². The summed E-state index contributed by atoms with van der Waals surface area (Å²) in [5.74, 6) is -2.57. The average Bonchev–Trinajstić information content (AvgIpc) is 2.97. The molecule has 0 saturated carbocycles. The van der Waals surface area contributed by atoms with Crippen molar-refractivity contribution in [1.29, 1.82) is 0 Å². The van der Waals surface area contributed by atoms with Gasteiger partial charge in [-0.05, 0) is 58.7 Å². The van der Waals surface area contributed by atoms with E-state index in [1.54, 1.807) is 20.8 Å². The summed E-state index contributed by atoms with van der Waals surface area (Å²) in [5, 5.41) is 5.99. The molecule has 1 N–H and O–H groups in total. The molecule has 2 rings (SSSR count). The van der Waals surface area contributed by atoms with Crippen molar-refractivity contribution in [1.82, 2.24) is 9.78 Å². The maximum Gasteiger partial charge on any atom is 0.435 e. The molecule has 0 aliphatic heterocycles. The van der Waals surface area contributed by atoms with Crippen LogP contribution in [0.5, 0.6) is 0 Å². The minimum Gasteiger partial charge on any atom is -0.442 e. The predicted molar refractivity (Wildman–Crippen MR) is 98.6 cm³/mol. The third-order valence-electron chi connectivity index (χ3n) is 3.10. The highest BCUT2D eigenvalue weighted by molar-refractivity contribution is 9.13. The van der Waals surface area contributed by atoms with Gasteiger partial charge in [0.1, 0.15) is 11.4 Å². The molecule has 0 saturated heterocycles. The minimum absolute atomic E-state index is 0.127. The van der Waals surface area contributed by atoms with E-state index in [4.69, 9.17) is 4.74 Å². The topological polar surface area (TPSA) is 73.2 Å². The second-order valence-corrected chi connectivity index (χ2v) is 8.07. The van der Waals surface area contributed by atoms with Crippen molar-refractivity contribution < 1.29 is 31.9 Å². The highest BCUT2D eigenvalue weighted by atomic mass is 79.9. The first-order chi connectivity index (χ1) is 12.7. The Hall–Kier alpha value is -1.95. The van der Waals surface area contributed by atoms with Gasteiger partial charge in [0.25, 0.3) is 5.91 Å². The lowest BCUT2D eigenvalue weighted by Crippen LogP contribution is -2.27. The summed E-state index contributed by atoms with van der Waals surface area (Å²) >= 11 is 5.51. The van der Waals surface area contributed by atoms with Crippen molar-refractivity contribution in [3.05, 3.63) is 44.2 Å². The molecule has 0 fully saturated rings. The maximum atomic E-state index is 14.2. The van der Waals surface area contributed by atoms with E-state index in [9.17, 15) is 27.2 Å². The van der Waals surface area contributed by atoms with Gasteiger partial charge in [-0.25, -0.2) is 9.18 Å². The number of amides is 1. The minimum atomic E-state index is -4.82. The molecule has 0 bridgehead atoms. The first-order valence-corrected chi connectivity index (χ1v) is 9.14. The molecule has 0 aliphatic carbocycles. The molecule has 1 amide bonds. The fourth-order valence-corrected chi connectivity index (χ4v) is 3.11. The average molecular weight is 531 g/mol. The van der Waals surface area contributed by atoms with Crippen molar-refractivity contribution in [3.63, 3.8) is 0 Å². The summed E-state index contributed by atoms with van der Waals surface area (Å²) in [7, 11) is 0. The Kier molecular flexibility index (Phi) is 6.24. The van der Waals surface area contributed by atoms with E-state index >= 15 is 0 Å². The van der Waals surface area contributed by atoms with Gasteiger partial charge in [-0.3, -0.25) is 4.79 Å². The molecule has 1 aromatic heterocycles. The molecule has 0 spiro atoms. The van der Waals surface area contributed by atoms with Gasteiger partial charge >= 0.3 is 12.3 Å². The summed E-state index contributed by atoms with van der Waals surface area (Å²) in [6.45, 7) is 4.96. The van der Waals surface area contributed by atoms with Crippen LogP contribution in [-0.4, -0.2) is 27.4 Å². The predicted octanol–water partition coefficient (Wildman–Crippen LogP) is 5.60. The van der Waals surface area contributed by atoms with E-state index in [0.717, 1.165) is 4.68 Å². The Morgan fingerprint density at radius 3 is 2.32 bits per heavy atom. The van der Waals surface area contributed by atoms with Gasteiger partial charge in [0, 0.05) is 21.2 Å². The van der Waals surface area contributed by atoms with Gasteiger partial charge < -0.3 is 10.1 Å². The van der Waals surface area contributed by atoms with Crippen LogP contribution < -0.4 is 5.32 Å². The van der Waals surface area contributed by atoms with E-state index in [0.29, 0.717) is 0 Å². The van der Waals surface area contributed by atoms with Crippen molar-refractivity contribution in [2.24, 2.45) is 0 Å². The van der Waals surface area contributed by atoms with Crippen LogP contribution in [0.1, 0.15) is 36.7 Å². The Bertz CT molecular complexity index is 936. The smallest absolute Gasteiger partial charge is 0.435 e. The standard InChI is InChI=1S/C16H13Br2F4N3O3/c1-15(2,3)28-14(27)25-5-4-9(24-25)23-13(26)10-8(19)6-7(16(20,21)22)11(17)12(10)18/h4-6H,1-3H3,(H,23,24,26). The number of benzene rings is 1. The van der Waals surface area contributed by atoms with Crippen molar-refractivity contribution >= 4 is 49.7 Å².